The van der Waals surface area contributed by atoms with Crippen LogP contribution in [-0.2, 0) is 4.79 Å². The smallest absolute Gasteiger partial charge is 0.318 e. The molecule has 0 aliphatic carbocycles. The second-order valence-corrected chi connectivity index (χ2v) is 3.91. The molecule has 14 heavy (non-hydrogen) atoms. The molecule has 0 spiro atoms. The summed E-state index contributed by atoms with van der Waals surface area (Å²) in [4.78, 5) is 22.5. The maximum atomic E-state index is 10.7. The predicted molar refractivity (Wildman–Crippen MR) is 52.5 cm³/mol. The van der Waals surface area contributed by atoms with Crippen molar-refractivity contribution in [2.45, 2.75) is 5.25 Å². The molecule has 5 nitrogen and oxygen atoms in total. The van der Waals surface area contributed by atoms with Crippen molar-refractivity contribution in [3.8, 4) is 0 Å². The molecule has 1 aliphatic heterocycles. The van der Waals surface area contributed by atoms with E-state index in [2.05, 4.69) is 15.0 Å². The number of hydrogen-bond acceptors (Lipinski definition) is 5. The van der Waals surface area contributed by atoms with E-state index in [1.165, 1.54) is 18.1 Å². The third kappa shape index (κ3) is 1.74. The molecule has 0 radical (unpaired) electrons. The first-order valence-electron chi connectivity index (χ1n) is 3.96. The van der Waals surface area contributed by atoms with Crippen molar-refractivity contribution in [1.29, 1.82) is 0 Å². The van der Waals surface area contributed by atoms with Gasteiger partial charge >= 0.3 is 5.97 Å². The van der Waals surface area contributed by atoms with Crippen molar-refractivity contribution >= 4 is 22.8 Å². The summed E-state index contributed by atoms with van der Waals surface area (Å²) < 4.78 is 0. The van der Waals surface area contributed by atoms with Crippen LogP contribution < -0.4 is 0 Å². The van der Waals surface area contributed by atoms with Crippen LogP contribution in [0.3, 0.4) is 0 Å². The molecule has 72 valence electrons. The fourth-order valence-electron chi connectivity index (χ4n) is 1.07. The van der Waals surface area contributed by atoms with Crippen LogP contribution in [-0.4, -0.2) is 37.9 Å². The zero-order valence-electron chi connectivity index (χ0n) is 7.12. The lowest BCUT2D eigenvalue weighted by Crippen LogP contribution is -2.16. The molecule has 1 aromatic rings. The molecule has 1 aromatic heterocycles. The summed E-state index contributed by atoms with van der Waals surface area (Å²) in [6.45, 7) is 0.324. The van der Waals surface area contributed by atoms with Crippen molar-refractivity contribution in [2.75, 3.05) is 6.54 Å². The van der Waals surface area contributed by atoms with Crippen LogP contribution in [0.4, 0.5) is 0 Å². The lowest BCUT2D eigenvalue weighted by molar-refractivity contribution is -0.136. The highest BCUT2D eigenvalue weighted by molar-refractivity contribution is 8.15. The molecule has 1 atom stereocenters. The molecule has 1 aliphatic rings. The number of hydrogen-bond donors (Lipinski definition) is 1. The van der Waals surface area contributed by atoms with E-state index in [0.29, 0.717) is 11.6 Å². The van der Waals surface area contributed by atoms with Crippen LogP contribution in [0.5, 0.6) is 0 Å². The van der Waals surface area contributed by atoms with Gasteiger partial charge in [-0.2, -0.15) is 0 Å². The standard InChI is InChI=1S/C8H7N3O2S/c12-8(13)6-3-11-7(14-6)5-1-9-4-10-2-5/h1-2,4,6H,3H2,(H,12,13)/t6-/m1/s1. The van der Waals surface area contributed by atoms with E-state index in [-0.39, 0.29) is 0 Å². The van der Waals surface area contributed by atoms with E-state index < -0.39 is 11.2 Å². The summed E-state index contributed by atoms with van der Waals surface area (Å²) in [6, 6.07) is 0. The highest BCUT2D eigenvalue weighted by Gasteiger charge is 2.26. The molecule has 0 unspecified atom stereocenters. The first-order valence-corrected chi connectivity index (χ1v) is 4.84. The Morgan fingerprint density at radius 2 is 2.21 bits per heavy atom. The molecule has 2 rings (SSSR count). The Morgan fingerprint density at radius 1 is 1.50 bits per heavy atom. The normalized spacial score (nSPS) is 20.6. The number of aliphatic imine (C=N–C) groups is 1. The fourth-order valence-corrected chi connectivity index (χ4v) is 1.98. The van der Waals surface area contributed by atoms with Crippen molar-refractivity contribution in [3.05, 3.63) is 24.3 Å². The summed E-state index contributed by atoms with van der Waals surface area (Å²) >= 11 is 1.24. The van der Waals surface area contributed by atoms with Gasteiger partial charge in [0.25, 0.3) is 0 Å². The molecule has 0 bridgehead atoms. The summed E-state index contributed by atoms with van der Waals surface area (Å²) in [6.07, 6.45) is 4.69. The van der Waals surface area contributed by atoms with Gasteiger partial charge in [-0.25, -0.2) is 9.97 Å². The molecule has 0 saturated heterocycles. The Bertz CT molecular complexity index is 379. The molecular weight excluding hydrogens is 202 g/mol. The zero-order valence-corrected chi connectivity index (χ0v) is 7.94. The number of carboxylic acid groups (broad SMARTS) is 1. The minimum absolute atomic E-state index is 0.324. The third-order valence-electron chi connectivity index (χ3n) is 1.74. The van der Waals surface area contributed by atoms with Crippen molar-refractivity contribution in [3.63, 3.8) is 0 Å². The minimum atomic E-state index is -0.828. The molecule has 0 saturated carbocycles. The summed E-state index contributed by atoms with van der Waals surface area (Å²) in [5.74, 6) is -0.828. The lowest BCUT2D eigenvalue weighted by atomic mass is 10.4. The molecule has 0 fully saturated rings. The van der Waals surface area contributed by atoms with Crippen molar-refractivity contribution in [2.24, 2.45) is 4.99 Å². The maximum absolute atomic E-state index is 10.7. The van der Waals surface area contributed by atoms with Gasteiger partial charge in [-0.1, -0.05) is 11.8 Å². The molecule has 2 heterocycles. The maximum Gasteiger partial charge on any atom is 0.318 e. The van der Waals surface area contributed by atoms with Gasteiger partial charge in [0.2, 0.25) is 0 Å². The monoisotopic (exact) mass is 209 g/mol. The van der Waals surface area contributed by atoms with Gasteiger partial charge in [0.05, 0.1) is 6.54 Å². The Labute approximate surface area is 84.3 Å². The van der Waals surface area contributed by atoms with Crippen LogP contribution in [0.1, 0.15) is 5.56 Å². The predicted octanol–water partition coefficient (Wildman–Crippen LogP) is 0.423. The second kappa shape index (κ2) is 3.75. The quantitative estimate of drug-likeness (QED) is 0.764. The Balaban J connectivity index is 2.13. The van der Waals surface area contributed by atoms with E-state index in [4.69, 9.17) is 5.11 Å². The van der Waals surface area contributed by atoms with Gasteiger partial charge < -0.3 is 5.11 Å². The van der Waals surface area contributed by atoms with Crippen LogP contribution in [0.15, 0.2) is 23.7 Å². The number of thioether (sulfide) groups is 1. The van der Waals surface area contributed by atoms with Crippen LogP contribution in [0.25, 0.3) is 0 Å². The average Bonchev–Trinajstić information content (AvgIpc) is 2.68. The van der Waals surface area contributed by atoms with E-state index in [9.17, 15) is 4.79 Å². The number of aromatic nitrogens is 2. The lowest BCUT2D eigenvalue weighted by Gasteiger charge is -2.00. The van der Waals surface area contributed by atoms with Crippen LogP contribution in [0.2, 0.25) is 0 Å². The summed E-state index contributed by atoms with van der Waals surface area (Å²) in [7, 11) is 0. The average molecular weight is 209 g/mol. The highest BCUT2D eigenvalue weighted by atomic mass is 32.2. The first-order chi connectivity index (χ1) is 6.77. The molecular formula is C8H7N3O2S. The number of carbonyl (C=O) groups is 1. The number of carboxylic acids is 1. The van der Waals surface area contributed by atoms with Crippen LogP contribution >= 0.6 is 11.8 Å². The summed E-state index contributed by atoms with van der Waals surface area (Å²) in [5, 5.41) is 8.99. The zero-order chi connectivity index (χ0) is 9.97. The van der Waals surface area contributed by atoms with Gasteiger partial charge in [0.15, 0.2) is 0 Å². The molecule has 1 N–H and O–H groups in total. The van der Waals surface area contributed by atoms with Gasteiger partial charge in [-0.05, 0) is 0 Å². The fraction of sp³-hybridized carbons (Fsp3) is 0.250. The Kier molecular flexibility index (Phi) is 2.45. The molecule has 0 amide bonds. The van der Waals surface area contributed by atoms with E-state index in [0.717, 1.165) is 5.56 Å². The van der Waals surface area contributed by atoms with Gasteiger partial charge in [-0.15, -0.1) is 0 Å². The Morgan fingerprint density at radius 3 is 2.79 bits per heavy atom. The molecule has 6 heteroatoms. The van der Waals surface area contributed by atoms with Crippen molar-refractivity contribution < 1.29 is 9.90 Å². The van der Waals surface area contributed by atoms with Crippen LogP contribution in [0, 0.1) is 0 Å². The highest BCUT2D eigenvalue weighted by Crippen LogP contribution is 2.24. The van der Waals surface area contributed by atoms with Gasteiger partial charge in [-0.3, -0.25) is 9.79 Å². The number of rotatable bonds is 2. The number of aliphatic carboxylic acids is 1. The Hall–Kier alpha value is -1.43. The summed E-state index contributed by atoms with van der Waals surface area (Å²) in [5.41, 5.74) is 0.779. The van der Waals surface area contributed by atoms with Gasteiger partial charge in [0.1, 0.15) is 16.6 Å². The van der Waals surface area contributed by atoms with Crippen molar-refractivity contribution in [1.82, 2.24) is 9.97 Å². The van der Waals surface area contributed by atoms with Gasteiger partial charge in [0, 0.05) is 18.0 Å². The van der Waals surface area contributed by atoms with E-state index in [1.807, 2.05) is 0 Å². The largest absolute Gasteiger partial charge is 0.480 e. The minimum Gasteiger partial charge on any atom is -0.480 e. The first kappa shape index (κ1) is 9.14. The van der Waals surface area contributed by atoms with E-state index in [1.54, 1.807) is 12.4 Å². The SMILES string of the molecule is O=C(O)[C@H]1CN=C(c2cncnc2)S1. The topological polar surface area (TPSA) is 75.4 Å². The van der Waals surface area contributed by atoms with E-state index >= 15 is 0 Å². The third-order valence-corrected chi connectivity index (χ3v) is 2.96. The second-order valence-electron chi connectivity index (χ2n) is 2.72. The number of nitrogens with zero attached hydrogens (tertiary/aromatic N) is 3. The molecule has 0 aromatic carbocycles.